The van der Waals surface area contributed by atoms with Gasteiger partial charge in [0, 0.05) is 23.6 Å². The summed E-state index contributed by atoms with van der Waals surface area (Å²) in [4.78, 5) is 4.93. The topological polar surface area (TPSA) is 31.4 Å². The van der Waals surface area contributed by atoms with Crippen LogP contribution in [0.4, 0.5) is 0 Å². The maximum atomic E-state index is 5.91. The van der Waals surface area contributed by atoms with Gasteiger partial charge in [0.15, 0.2) is 0 Å². The number of hydrogen-bond acceptors (Lipinski definition) is 3. The van der Waals surface area contributed by atoms with Gasteiger partial charge in [-0.2, -0.15) is 0 Å². The Morgan fingerprint density at radius 2 is 1.65 bits per heavy atom. The second-order valence-electron chi connectivity index (χ2n) is 8.05. The number of para-hydroxylation sites is 1. The minimum Gasteiger partial charge on any atom is -0.489 e. The van der Waals surface area contributed by atoms with Gasteiger partial charge < -0.3 is 9.47 Å². The molecule has 0 aliphatic rings. The van der Waals surface area contributed by atoms with Crippen LogP contribution >= 0.6 is 0 Å². The van der Waals surface area contributed by atoms with E-state index in [2.05, 4.69) is 53.7 Å². The van der Waals surface area contributed by atoms with Crippen molar-refractivity contribution in [3.05, 3.63) is 35.5 Å². The van der Waals surface area contributed by atoms with Crippen LogP contribution in [0.3, 0.4) is 0 Å². The molecule has 1 heterocycles. The number of ether oxygens (including phenoxy) is 2. The normalized spacial score (nSPS) is 12.7. The fourth-order valence-corrected chi connectivity index (χ4v) is 2.58. The van der Waals surface area contributed by atoms with E-state index in [4.69, 9.17) is 14.5 Å². The largest absolute Gasteiger partial charge is 0.489 e. The molecule has 0 atom stereocenters. The molecule has 2 rings (SSSR count). The molecular formula is C20H29NO2. The predicted molar refractivity (Wildman–Crippen MR) is 96.5 cm³/mol. The van der Waals surface area contributed by atoms with E-state index in [9.17, 15) is 0 Å². The second kappa shape index (κ2) is 6.48. The fraction of sp³-hybridized carbons (Fsp3) is 0.550. The van der Waals surface area contributed by atoms with Crippen LogP contribution in [-0.2, 0) is 15.6 Å². The molecule has 0 N–H and O–H groups in total. The van der Waals surface area contributed by atoms with Gasteiger partial charge in [0.05, 0.1) is 6.61 Å². The molecule has 0 aliphatic heterocycles. The van der Waals surface area contributed by atoms with Crippen molar-refractivity contribution in [2.45, 2.75) is 52.4 Å². The van der Waals surface area contributed by atoms with E-state index < -0.39 is 0 Å². The van der Waals surface area contributed by atoms with Crippen LogP contribution in [0.2, 0.25) is 0 Å². The Labute approximate surface area is 140 Å². The van der Waals surface area contributed by atoms with E-state index in [1.807, 2.05) is 12.1 Å². The average molecular weight is 315 g/mol. The van der Waals surface area contributed by atoms with Gasteiger partial charge in [-0.25, -0.2) is 4.98 Å². The van der Waals surface area contributed by atoms with Crippen molar-refractivity contribution in [2.24, 2.45) is 0 Å². The van der Waals surface area contributed by atoms with Gasteiger partial charge in [-0.1, -0.05) is 53.7 Å². The molecule has 3 nitrogen and oxygen atoms in total. The third-order valence-electron chi connectivity index (χ3n) is 3.92. The van der Waals surface area contributed by atoms with Crippen molar-refractivity contribution in [3.8, 4) is 5.75 Å². The lowest BCUT2D eigenvalue weighted by molar-refractivity contribution is 0.147. The summed E-state index contributed by atoms with van der Waals surface area (Å²) in [6, 6.07) is 8.42. The Bertz CT molecular complexity index is 678. The van der Waals surface area contributed by atoms with Crippen LogP contribution in [0, 0.1) is 0 Å². The molecule has 126 valence electrons. The van der Waals surface area contributed by atoms with Crippen molar-refractivity contribution in [3.63, 3.8) is 0 Å². The molecular weight excluding hydrogens is 286 g/mol. The number of hydrogen-bond donors (Lipinski definition) is 0. The highest BCUT2D eigenvalue weighted by molar-refractivity contribution is 5.88. The Balaban J connectivity index is 2.67. The Morgan fingerprint density at radius 1 is 0.957 bits per heavy atom. The number of nitrogens with zero attached hydrogens (tertiary/aromatic N) is 1. The molecule has 0 amide bonds. The van der Waals surface area contributed by atoms with Crippen molar-refractivity contribution < 1.29 is 9.47 Å². The number of benzene rings is 1. The summed E-state index contributed by atoms with van der Waals surface area (Å²) >= 11 is 0. The second-order valence-corrected chi connectivity index (χ2v) is 8.05. The summed E-state index contributed by atoms with van der Waals surface area (Å²) in [6.07, 6.45) is 0. The van der Waals surface area contributed by atoms with Crippen molar-refractivity contribution in [1.29, 1.82) is 0 Å². The molecule has 0 spiro atoms. The molecule has 0 radical (unpaired) electrons. The third-order valence-corrected chi connectivity index (χ3v) is 3.92. The predicted octanol–water partition coefficient (Wildman–Crippen LogP) is 4.86. The van der Waals surface area contributed by atoms with Crippen LogP contribution in [0.5, 0.6) is 5.75 Å². The van der Waals surface area contributed by atoms with E-state index in [1.54, 1.807) is 7.11 Å². The Morgan fingerprint density at radius 3 is 2.22 bits per heavy atom. The van der Waals surface area contributed by atoms with Gasteiger partial charge in [-0.3, -0.25) is 0 Å². The molecule has 0 aliphatic carbocycles. The highest BCUT2D eigenvalue weighted by atomic mass is 16.5. The molecule has 1 aromatic heterocycles. The van der Waals surface area contributed by atoms with Gasteiger partial charge in [-0.05, 0) is 23.1 Å². The highest BCUT2D eigenvalue weighted by Gasteiger charge is 2.24. The Hall–Kier alpha value is -1.61. The minimum atomic E-state index is -0.00612. The zero-order valence-corrected chi connectivity index (χ0v) is 15.5. The van der Waals surface area contributed by atoms with Crippen LogP contribution in [0.15, 0.2) is 24.3 Å². The number of aromatic nitrogens is 1. The smallest absolute Gasteiger partial charge is 0.145 e. The van der Waals surface area contributed by atoms with Crippen LogP contribution in [0.25, 0.3) is 10.9 Å². The third kappa shape index (κ3) is 4.03. The average Bonchev–Trinajstić information content (AvgIpc) is 2.44. The molecule has 1 aromatic carbocycles. The summed E-state index contributed by atoms with van der Waals surface area (Å²) in [5.74, 6) is 0.830. The van der Waals surface area contributed by atoms with Crippen LogP contribution < -0.4 is 4.74 Å². The number of methoxy groups -OCH3 is 1. The molecule has 2 aromatic rings. The molecule has 0 saturated carbocycles. The van der Waals surface area contributed by atoms with Gasteiger partial charge in [0.1, 0.15) is 17.9 Å². The van der Waals surface area contributed by atoms with Crippen molar-refractivity contribution in [1.82, 2.24) is 4.98 Å². The zero-order chi connectivity index (χ0) is 17.3. The first kappa shape index (κ1) is 17.7. The van der Waals surface area contributed by atoms with E-state index in [-0.39, 0.29) is 10.8 Å². The summed E-state index contributed by atoms with van der Waals surface area (Å²) < 4.78 is 11.0. The van der Waals surface area contributed by atoms with E-state index >= 15 is 0 Å². The summed E-state index contributed by atoms with van der Waals surface area (Å²) in [7, 11) is 1.68. The molecule has 0 saturated heterocycles. The minimum absolute atomic E-state index is 0.00612. The lowest BCUT2D eigenvalue weighted by Crippen LogP contribution is -2.19. The first-order valence-electron chi connectivity index (χ1n) is 8.21. The molecule has 0 unspecified atom stereocenters. The standard InChI is InChI=1S/C20H29NO2/c1-19(2,3)15-13-17(20(4,5)6)21-18-14(15)9-8-10-16(18)23-12-11-22-7/h8-10,13H,11-12H2,1-7H3. The summed E-state index contributed by atoms with van der Waals surface area (Å²) in [5, 5.41) is 1.17. The quantitative estimate of drug-likeness (QED) is 0.755. The summed E-state index contributed by atoms with van der Waals surface area (Å²) in [6.45, 7) is 14.4. The highest BCUT2D eigenvalue weighted by Crippen LogP contribution is 2.36. The van der Waals surface area contributed by atoms with Gasteiger partial charge in [-0.15, -0.1) is 0 Å². The number of rotatable bonds is 4. The van der Waals surface area contributed by atoms with E-state index in [1.165, 1.54) is 10.9 Å². The lowest BCUT2D eigenvalue weighted by atomic mass is 9.81. The van der Waals surface area contributed by atoms with Gasteiger partial charge in [0.2, 0.25) is 0 Å². The maximum Gasteiger partial charge on any atom is 0.145 e. The maximum absolute atomic E-state index is 5.91. The van der Waals surface area contributed by atoms with E-state index in [0.717, 1.165) is 17.0 Å². The molecule has 3 heteroatoms. The Kier molecular flexibility index (Phi) is 5.00. The first-order chi connectivity index (χ1) is 10.6. The van der Waals surface area contributed by atoms with Crippen molar-refractivity contribution in [2.75, 3.05) is 20.3 Å². The van der Waals surface area contributed by atoms with Crippen LogP contribution in [0.1, 0.15) is 52.8 Å². The van der Waals surface area contributed by atoms with Crippen LogP contribution in [-0.4, -0.2) is 25.3 Å². The number of fused-ring (bicyclic) bond motifs is 1. The lowest BCUT2D eigenvalue weighted by Gasteiger charge is -2.26. The SMILES string of the molecule is COCCOc1cccc2c(C(C)(C)C)cc(C(C)(C)C)nc12. The van der Waals surface area contributed by atoms with Crippen molar-refractivity contribution >= 4 is 10.9 Å². The zero-order valence-electron chi connectivity index (χ0n) is 15.5. The fourth-order valence-electron chi connectivity index (χ4n) is 2.58. The molecule has 0 fully saturated rings. The summed E-state index contributed by atoms with van der Waals surface area (Å²) in [5.41, 5.74) is 3.39. The monoisotopic (exact) mass is 315 g/mol. The molecule has 0 bridgehead atoms. The van der Waals surface area contributed by atoms with Gasteiger partial charge >= 0.3 is 0 Å². The van der Waals surface area contributed by atoms with E-state index in [0.29, 0.717) is 13.2 Å². The van der Waals surface area contributed by atoms with Gasteiger partial charge in [0.25, 0.3) is 0 Å². The first-order valence-corrected chi connectivity index (χ1v) is 8.21. The molecule has 23 heavy (non-hydrogen) atoms. The number of pyridine rings is 1.